The van der Waals surface area contributed by atoms with E-state index in [1.807, 2.05) is 0 Å². The molecule has 1 aliphatic carbocycles. The Balaban J connectivity index is 1.47. The van der Waals surface area contributed by atoms with Crippen LogP contribution < -0.4 is 5.32 Å². The van der Waals surface area contributed by atoms with Crippen LogP contribution >= 0.6 is 11.6 Å². The Morgan fingerprint density at radius 3 is 2.59 bits per heavy atom. The Labute approximate surface area is 135 Å². The predicted octanol–water partition coefficient (Wildman–Crippen LogP) is 3.21. The van der Waals surface area contributed by atoms with Crippen LogP contribution in [0.2, 0.25) is 5.02 Å². The summed E-state index contributed by atoms with van der Waals surface area (Å²) in [6, 6.07) is 5.68. The highest BCUT2D eigenvalue weighted by molar-refractivity contribution is 6.32. The summed E-state index contributed by atoms with van der Waals surface area (Å²) in [5.41, 5.74) is 1.02. The van der Waals surface area contributed by atoms with Gasteiger partial charge in [0.1, 0.15) is 5.02 Å². The van der Waals surface area contributed by atoms with E-state index in [9.17, 15) is 10.1 Å². The van der Waals surface area contributed by atoms with Crippen molar-refractivity contribution < 1.29 is 4.92 Å². The molecule has 0 spiro atoms. The maximum atomic E-state index is 10.8. The summed E-state index contributed by atoms with van der Waals surface area (Å²) < 4.78 is 0. The zero-order chi connectivity index (χ0) is 15.5. The van der Waals surface area contributed by atoms with Gasteiger partial charge in [0.25, 0.3) is 5.69 Å². The van der Waals surface area contributed by atoms with E-state index in [4.69, 9.17) is 11.6 Å². The fourth-order valence-electron chi connectivity index (χ4n) is 3.01. The molecule has 2 aliphatic rings. The van der Waals surface area contributed by atoms with Gasteiger partial charge in [-0.1, -0.05) is 17.7 Å². The van der Waals surface area contributed by atoms with Crippen LogP contribution in [0.4, 0.5) is 5.69 Å². The van der Waals surface area contributed by atoms with Crippen LogP contribution in [0.3, 0.4) is 0 Å². The topological polar surface area (TPSA) is 58.4 Å². The summed E-state index contributed by atoms with van der Waals surface area (Å²) >= 11 is 5.97. The van der Waals surface area contributed by atoms with Gasteiger partial charge < -0.3 is 5.32 Å². The van der Waals surface area contributed by atoms with E-state index >= 15 is 0 Å². The SMILES string of the molecule is O=[N+]([O-])c1ccc(CN2CCC(NCC3CC3)CC2)cc1Cl. The first-order valence-corrected chi connectivity index (χ1v) is 8.38. The Kier molecular flexibility index (Phi) is 4.96. The second kappa shape index (κ2) is 6.94. The molecule has 22 heavy (non-hydrogen) atoms. The third-order valence-corrected chi connectivity index (χ3v) is 4.90. The standard InChI is InChI=1S/C16H22ClN3O2/c17-15-9-13(3-4-16(15)20(21)22)11-19-7-5-14(6-8-19)18-10-12-1-2-12/h3-4,9,12,14,18H,1-2,5-8,10-11H2. The first-order chi connectivity index (χ1) is 10.6. The lowest BCUT2D eigenvalue weighted by Gasteiger charge is -2.32. The van der Waals surface area contributed by atoms with E-state index in [0.717, 1.165) is 31.1 Å². The van der Waals surface area contributed by atoms with Crippen molar-refractivity contribution in [3.8, 4) is 0 Å². The molecule has 0 amide bonds. The van der Waals surface area contributed by atoms with E-state index in [1.54, 1.807) is 12.1 Å². The van der Waals surface area contributed by atoms with E-state index in [-0.39, 0.29) is 10.7 Å². The van der Waals surface area contributed by atoms with E-state index in [1.165, 1.54) is 38.3 Å². The third kappa shape index (κ3) is 4.18. The van der Waals surface area contributed by atoms with Gasteiger partial charge in [0.15, 0.2) is 0 Å². The molecule has 6 heteroatoms. The highest BCUT2D eigenvalue weighted by Gasteiger charge is 2.24. The van der Waals surface area contributed by atoms with Gasteiger partial charge in [-0.25, -0.2) is 0 Å². The summed E-state index contributed by atoms with van der Waals surface area (Å²) in [6.45, 7) is 4.13. The highest BCUT2D eigenvalue weighted by atomic mass is 35.5. The normalized spacial score (nSPS) is 20.2. The van der Waals surface area contributed by atoms with Gasteiger partial charge in [0, 0.05) is 18.7 Å². The number of hydrogen-bond acceptors (Lipinski definition) is 4. The number of nitro groups is 1. The number of nitro benzene ring substituents is 1. The van der Waals surface area contributed by atoms with E-state index < -0.39 is 4.92 Å². The van der Waals surface area contributed by atoms with Crippen molar-refractivity contribution in [2.75, 3.05) is 19.6 Å². The lowest BCUT2D eigenvalue weighted by atomic mass is 10.0. The molecular formula is C16H22ClN3O2. The summed E-state index contributed by atoms with van der Waals surface area (Å²) in [5, 5.41) is 14.7. The zero-order valence-electron chi connectivity index (χ0n) is 12.6. The van der Waals surface area contributed by atoms with Crippen LogP contribution in [0.1, 0.15) is 31.2 Å². The van der Waals surface area contributed by atoms with Crippen molar-refractivity contribution in [1.29, 1.82) is 0 Å². The number of benzene rings is 1. The average molecular weight is 324 g/mol. The molecule has 0 atom stereocenters. The van der Waals surface area contributed by atoms with Crippen LogP contribution in [0, 0.1) is 16.0 Å². The molecule has 120 valence electrons. The Hall–Kier alpha value is -1.17. The second-order valence-corrected chi connectivity index (χ2v) is 6.85. The molecule has 0 unspecified atom stereocenters. The minimum absolute atomic E-state index is 0.0200. The molecule has 0 radical (unpaired) electrons. The predicted molar refractivity (Wildman–Crippen MR) is 87.1 cm³/mol. The minimum Gasteiger partial charge on any atom is -0.314 e. The minimum atomic E-state index is -0.441. The quantitative estimate of drug-likeness (QED) is 0.645. The van der Waals surface area contributed by atoms with Gasteiger partial charge >= 0.3 is 0 Å². The summed E-state index contributed by atoms with van der Waals surface area (Å²) in [5.74, 6) is 0.931. The maximum Gasteiger partial charge on any atom is 0.287 e. The van der Waals surface area contributed by atoms with Crippen LogP contribution in [-0.2, 0) is 6.54 Å². The van der Waals surface area contributed by atoms with Crippen molar-refractivity contribution >= 4 is 17.3 Å². The summed E-state index contributed by atoms with van der Waals surface area (Å²) in [4.78, 5) is 12.7. The zero-order valence-corrected chi connectivity index (χ0v) is 13.4. The molecular weight excluding hydrogens is 302 g/mol. The van der Waals surface area contributed by atoms with Gasteiger partial charge in [-0.3, -0.25) is 15.0 Å². The average Bonchev–Trinajstić information content (AvgIpc) is 3.30. The van der Waals surface area contributed by atoms with Crippen molar-refractivity contribution in [2.24, 2.45) is 5.92 Å². The van der Waals surface area contributed by atoms with Crippen molar-refractivity contribution in [1.82, 2.24) is 10.2 Å². The lowest BCUT2D eigenvalue weighted by molar-refractivity contribution is -0.384. The van der Waals surface area contributed by atoms with Crippen LogP contribution in [0.15, 0.2) is 18.2 Å². The van der Waals surface area contributed by atoms with Gasteiger partial charge in [0.2, 0.25) is 0 Å². The maximum absolute atomic E-state index is 10.8. The molecule has 1 aromatic carbocycles. The van der Waals surface area contributed by atoms with Crippen LogP contribution in [0.5, 0.6) is 0 Å². The summed E-state index contributed by atoms with van der Waals surface area (Å²) in [7, 11) is 0. The van der Waals surface area contributed by atoms with Gasteiger partial charge in [-0.05, 0) is 62.9 Å². The highest BCUT2D eigenvalue weighted by Crippen LogP contribution is 2.28. The van der Waals surface area contributed by atoms with Crippen LogP contribution in [-0.4, -0.2) is 35.5 Å². The lowest BCUT2D eigenvalue weighted by Crippen LogP contribution is -2.42. The number of hydrogen-bond donors (Lipinski definition) is 1. The van der Waals surface area contributed by atoms with Crippen molar-refractivity contribution in [2.45, 2.75) is 38.3 Å². The monoisotopic (exact) mass is 323 g/mol. The molecule has 2 fully saturated rings. The number of rotatable bonds is 6. The Morgan fingerprint density at radius 1 is 1.27 bits per heavy atom. The second-order valence-electron chi connectivity index (χ2n) is 6.44. The fourth-order valence-corrected chi connectivity index (χ4v) is 3.28. The number of nitrogens with one attached hydrogen (secondary N) is 1. The molecule has 0 aromatic heterocycles. The van der Waals surface area contributed by atoms with Crippen molar-refractivity contribution in [3.63, 3.8) is 0 Å². The molecule has 5 nitrogen and oxygen atoms in total. The first kappa shape index (κ1) is 15.7. The molecule has 1 aliphatic heterocycles. The molecule has 3 rings (SSSR count). The fraction of sp³-hybridized carbons (Fsp3) is 0.625. The van der Waals surface area contributed by atoms with Crippen LogP contribution in [0.25, 0.3) is 0 Å². The first-order valence-electron chi connectivity index (χ1n) is 8.00. The molecule has 0 bridgehead atoms. The Morgan fingerprint density at radius 2 is 2.00 bits per heavy atom. The molecule has 1 aromatic rings. The number of nitrogens with zero attached hydrogens (tertiary/aromatic N) is 2. The Bertz CT molecular complexity index is 540. The third-order valence-electron chi connectivity index (χ3n) is 4.59. The smallest absolute Gasteiger partial charge is 0.287 e. The molecule has 1 N–H and O–H groups in total. The largest absolute Gasteiger partial charge is 0.314 e. The summed E-state index contributed by atoms with van der Waals surface area (Å²) in [6.07, 6.45) is 5.14. The van der Waals surface area contributed by atoms with Gasteiger partial charge in [-0.15, -0.1) is 0 Å². The number of halogens is 1. The van der Waals surface area contributed by atoms with E-state index in [0.29, 0.717) is 6.04 Å². The molecule has 1 saturated heterocycles. The van der Waals surface area contributed by atoms with Gasteiger partial charge in [0.05, 0.1) is 4.92 Å². The van der Waals surface area contributed by atoms with Gasteiger partial charge in [-0.2, -0.15) is 0 Å². The number of piperidine rings is 1. The van der Waals surface area contributed by atoms with E-state index in [2.05, 4.69) is 10.2 Å². The molecule has 1 heterocycles. The van der Waals surface area contributed by atoms with Crippen molar-refractivity contribution in [3.05, 3.63) is 38.9 Å². The number of likely N-dealkylation sites (tertiary alicyclic amines) is 1. The molecule has 1 saturated carbocycles.